The smallest absolute Gasteiger partial charge is 0.308 e. The van der Waals surface area contributed by atoms with E-state index in [1.807, 2.05) is 13.0 Å². The summed E-state index contributed by atoms with van der Waals surface area (Å²) in [6.45, 7) is 4.26. The normalized spacial score (nSPS) is 11.9. The molecule has 0 radical (unpaired) electrons. The van der Waals surface area contributed by atoms with E-state index < -0.39 is 12.1 Å². The third kappa shape index (κ3) is 5.63. The molecule has 0 aromatic heterocycles. The standard InChI is InChI=1S/C19H20Cl2O4/c1-3-24-19(23)10-17(22)14-5-7-18(12(2)8-14)25-11-13-4-6-15(20)16(21)9-13/h4-9,17,22H,3,10-11H2,1-2H3/t17-/m0/s1. The molecule has 0 aliphatic heterocycles. The predicted octanol–water partition coefficient (Wildman–Crippen LogP) is 4.87. The van der Waals surface area contributed by atoms with Gasteiger partial charge in [-0.3, -0.25) is 4.79 Å². The number of carbonyl (C=O) groups is 1. The molecule has 0 spiro atoms. The van der Waals surface area contributed by atoms with Gasteiger partial charge < -0.3 is 14.6 Å². The molecule has 0 unspecified atom stereocenters. The van der Waals surface area contributed by atoms with Gasteiger partial charge in [0.1, 0.15) is 12.4 Å². The molecule has 134 valence electrons. The maximum absolute atomic E-state index is 11.5. The first-order valence-corrected chi connectivity index (χ1v) is 8.67. The molecule has 1 atom stereocenters. The average molecular weight is 383 g/mol. The zero-order valence-corrected chi connectivity index (χ0v) is 15.6. The number of rotatable bonds is 7. The van der Waals surface area contributed by atoms with Gasteiger partial charge in [0.05, 0.1) is 29.2 Å². The minimum atomic E-state index is -0.901. The first-order chi connectivity index (χ1) is 11.9. The fraction of sp³-hybridized carbons (Fsp3) is 0.316. The molecule has 4 nitrogen and oxygen atoms in total. The van der Waals surface area contributed by atoms with Crippen molar-refractivity contribution >= 4 is 29.2 Å². The Hall–Kier alpha value is -1.75. The highest BCUT2D eigenvalue weighted by atomic mass is 35.5. The molecule has 0 saturated carbocycles. The minimum absolute atomic E-state index is 0.0727. The van der Waals surface area contributed by atoms with Crippen LogP contribution in [0.2, 0.25) is 10.0 Å². The van der Waals surface area contributed by atoms with Gasteiger partial charge in [0.25, 0.3) is 0 Å². The Labute approximate surface area is 157 Å². The summed E-state index contributed by atoms with van der Waals surface area (Å²) < 4.78 is 10.6. The fourth-order valence-corrected chi connectivity index (χ4v) is 2.65. The van der Waals surface area contributed by atoms with E-state index in [1.165, 1.54) is 0 Å². The second kappa shape index (κ2) is 9.09. The highest BCUT2D eigenvalue weighted by molar-refractivity contribution is 6.42. The van der Waals surface area contributed by atoms with Crippen molar-refractivity contribution in [3.05, 3.63) is 63.1 Å². The quantitative estimate of drug-likeness (QED) is 0.694. The van der Waals surface area contributed by atoms with Crippen LogP contribution in [0, 0.1) is 6.92 Å². The second-order valence-corrected chi connectivity index (χ2v) is 6.40. The van der Waals surface area contributed by atoms with Crippen LogP contribution >= 0.6 is 23.2 Å². The average Bonchev–Trinajstić information content (AvgIpc) is 2.56. The van der Waals surface area contributed by atoms with Crippen molar-refractivity contribution in [2.45, 2.75) is 33.0 Å². The fourth-order valence-electron chi connectivity index (χ4n) is 2.33. The van der Waals surface area contributed by atoms with Gasteiger partial charge in [0.15, 0.2) is 0 Å². The summed E-state index contributed by atoms with van der Waals surface area (Å²) in [5.41, 5.74) is 2.41. The molecule has 0 fully saturated rings. The van der Waals surface area contributed by atoms with Crippen molar-refractivity contribution in [1.82, 2.24) is 0 Å². The zero-order chi connectivity index (χ0) is 18.4. The molecule has 25 heavy (non-hydrogen) atoms. The van der Waals surface area contributed by atoms with Gasteiger partial charge in [-0.1, -0.05) is 35.3 Å². The van der Waals surface area contributed by atoms with E-state index in [0.717, 1.165) is 11.1 Å². The number of aliphatic hydroxyl groups excluding tert-OH is 1. The molecule has 6 heteroatoms. The maximum Gasteiger partial charge on any atom is 0.308 e. The van der Waals surface area contributed by atoms with Gasteiger partial charge in [-0.2, -0.15) is 0 Å². The van der Waals surface area contributed by atoms with Crippen LogP contribution in [0.1, 0.15) is 36.1 Å². The second-order valence-electron chi connectivity index (χ2n) is 5.59. The molecule has 0 aliphatic carbocycles. The number of aryl methyl sites for hydroxylation is 1. The van der Waals surface area contributed by atoms with Crippen molar-refractivity contribution in [3.8, 4) is 5.75 Å². The summed E-state index contributed by atoms with van der Waals surface area (Å²) in [6.07, 6.45) is -0.974. The third-order valence-corrected chi connectivity index (χ3v) is 4.37. The van der Waals surface area contributed by atoms with Crippen molar-refractivity contribution in [2.24, 2.45) is 0 Å². The Kier molecular flexibility index (Phi) is 7.12. The van der Waals surface area contributed by atoms with Crippen LogP contribution in [0.15, 0.2) is 36.4 Å². The van der Waals surface area contributed by atoms with E-state index in [1.54, 1.807) is 37.3 Å². The van der Waals surface area contributed by atoms with Crippen LogP contribution in [0.25, 0.3) is 0 Å². The van der Waals surface area contributed by atoms with Gasteiger partial charge in [-0.15, -0.1) is 0 Å². The molecule has 1 N–H and O–H groups in total. The number of hydrogen-bond acceptors (Lipinski definition) is 4. The summed E-state index contributed by atoms with van der Waals surface area (Å²) in [4.78, 5) is 11.5. The molecule has 2 aromatic rings. The van der Waals surface area contributed by atoms with Gasteiger partial charge in [0.2, 0.25) is 0 Å². The minimum Gasteiger partial charge on any atom is -0.489 e. The van der Waals surface area contributed by atoms with Crippen molar-refractivity contribution in [2.75, 3.05) is 6.61 Å². The van der Waals surface area contributed by atoms with Crippen molar-refractivity contribution < 1.29 is 19.4 Å². The highest BCUT2D eigenvalue weighted by Gasteiger charge is 2.15. The summed E-state index contributed by atoms with van der Waals surface area (Å²) in [6, 6.07) is 10.6. The van der Waals surface area contributed by atoms with E-state index in [4.69, 9.17) is 32.7 Å². The lowest BCUT2D eigenvalue weighted by atomic mass is 10.0. The summed E-state index contributed by atoms with van der Waals surface area (Å²) in [5.74, 6) is 0.269. The Morgan fingerprint density at radius 1 is 1.16 bits per heavy atom. The monoisotopic (exact) mass is 382 g/mol. The van der Waals surface area contributed by atoms with Crippen LogP contribution in [0.5, 0.6) is 5.75 Å². The maximum atomic E-state index is 11.5. The van der Waals surface area contributed by atoms with Gasteiger partial charge in [-0.25, -0.2) is 0 Å². The molecule has 0 heterocycles. The SMILES string of the molecule is CCOC(=O)C[C@H](O)c1ccc(OCc2ccc(Cl)c(Cl)c2)c(C)c1. The lowest BCUT2D eigenvalue weighted by Crippen LogP contribution is -2.10. The lowest BCUT2D eigenvalue weighted by Gasteiger charge is -2.14. The van der Waals surface area contributed by atoms with E-state index >= 15 is 0 Å². The van der Waals surface area contributed by atoms with Crippen molar-refractivity contribution in [3.63, 3.8) is 0 Å². The number of halogens is 2. The molecular formula is C19H20Cl2O4. The number of carbonyl (C=O) groups excluding carboxylic acids is 1. The van der Waals surface area contributed by atoms with Crippen LogP contribution in [0.4, 0.5) is 0 Å². The third-order valence-electron chi connectivity index (χ3n) is 3.63. The van der Waals surface area contributed by atoms with Crippen LogP contribution in [0.3, 0.4) is 0 Å². The largest absolute Gasteiger partial charge is 0.489 e. The van der Waals surface area contributed by atoms with Gasteiger partial charge >= 0.3 is 5.97 Å². The Bertz CT molecular complexity index is 746. The number of aliphatic hydroxyl groups is 1. The van der Waals surface area contributed by atoms with Gasteiger partial charge in [-0.05, 0) is 54.8 Å². The summed E-state index contributed by atoms with van der Waals surface area (Å²) >= 11 is 11.9. The number of benzene rings is 2. The van der Waals surface area contributed by atoms with E-state index in [0.29, 0.717) is 34.6 Å². The topological polar surface area (TPSA) is 55.8 Å². The molecule has 0 bridgehead atoms. The lowest BCUT2D eigenvalue weighted by molar-refractivity contribution is -0.145. The summed E-state index contributed by atoms with van der Waals surface area (Å²) in [5, 5.41) is 11.1. The molecule has 0 saturated heterocycles. The Balaban J connectivity index is 2.01. The molecule has 0 amide bonds. The molecule has 2 aromatic carbocycles. The first kappa shape index (κ1) is 19.6. The summed E-state index contributed by atoms with van der Waals surface area (Å²) in [7, 11) is 0. The Morgan fingerprint density at radius 3 is 2.56 bits per heavy atom. The number of esters is 1. The van der Waals surface area contributed by atoms with Crippen LogP contribution in [-0.4, -0.2) is 17.7 Å². The van der Waals surface area contributed by atoms with Crippen molar-refractivity contribution in [1.29, 1.82) is 0 Å². The molecular weight excluding hydrogens is 363 g/mol. The number of ether oxygens (including phenoxy) is 2. The van der Waals surface area contributed by atoms with E-state index in [2.05, 4.69) is 0 Å². The van der Waals surface area contributed by atoms with E-state index in [9.17, 15) is 9.90 Å². The molecule has 2 rings (SSSR count). The number of hydrogen-bond donors (Lipinski definition) is 1. The Morgan fingerprint density at radius 2 is 1.92 bits per heavy atom. The highest BCUT2D eigenvalue weighted by Crippen LogP contribution is 2.27. The zero-order valence-electron chi connectivity index (χ0n) is 14.1. The first-order valence-electron chi connectivity index (χ1n) is 7.91. The van der Waals surface area contributed by atoms with Crippen LogP contribution in [-0.2, 0) is 16.1 Å². The predicted molar refractivity (Wildman–Crippen MR) is 98.2 cm³/mol. The van der Waals surface area contributed by atoms with E-state index in [-0.39, 0.29) is 6.42 Å². The van der Waals surface area contributed by atoms with Crippen LogP contribution < -0.4 is 4.74 Å². The van der Waals surface area contributed by atoms with Gasteiger partial charge in [0, 0.05) is 0 Å². The molecule has 0 aliphatic rings.